The van der Waals surface area contributed by atoms with Crippen LogP contribution >= 0.6 is 0 Å². The molecular formula is C11H11NO2. The number of aryl methyl sites for hydroxylation is 1. The Morgan fingerprint density at radius 2 is 2.07 bits per heavy atom. The Bertz CT molecular complexity index is 396. The van der Waals surface area contributed by atoms with Crippen LogP contribution in [0.3, 0.4) is 0 Å². The predicted octanol–water partition coefficient (Wildman–Crippen LogP) is 2.01. The minimum atomic E-state index is -0.842. The van der Waals surface area contributed by atoms with Gasteiger partial charge in [-0.2, -0.15) is 0 Å². The molecule has 0 fully saturated rings. The highest BCUT2D eigenvalue weighted by Gasteiger charge is 2.12. The van der Waals surface area contributed by atoms with Gasteiger partial charge in [-0.05, 0) is 24.5 Å². The van der Waals surface area contributed by atoms with Crippen LogP contribution in [-0.4, -0.2) is 11.1 Å². The van der Waals surface area contributed by atoms with E-state index in [2.05, 4.69) is 5.32 Å². The molecule has 14 heavy (non-hydrogen) atoms. The minimum absolute atomic E-state index is 0.432. The number of hydrogen-bond donors (Lipinski definition) is 2. The molecule has 0 unspecified atom stereocenters. The molecular weight excluding hydrogens is 178 g/mol. The maximum absolute atomic E-state index is 10.7. The third-order valence-corrected chi connectivity index (χ3v) is 2.36. The molecule has 0 atom stereocenters. The van der Waals surface area contributed by atoms with Crippen molar-refractivity contribution < 1.29 is 9.90 Å². The lowest BCUT2D eigenvalue weighted by Crippen LogP contribution is -2.01. The van der Waals surface area contributed by atoms with E-state index in [4.69, 9.17) is 5.11 Å². The van der Waals surface area contributed by atoms with Crippen LogP contribution < -0.4 is 5.32 Å². The van der Waals surface area contributed by atoms with E-state index in [1.807, 2.05) is 24.3 Å². The summed E-state index contributed by atoms with van der Waals surface area (Å²) in [5.41, 5.74) is 2.60. The number of carbonyl (C=O) groups is 1. The highest BCUT2D eigenvalue weighted by molar-refractivity contribution is 5.87. The van der Waals surface area contributed by atoms with Crippen molar-refractivity contribution in [3.8, 4) is 0 Å². The molecule has 0 radical (unpaired) electrons. The van der Waals surface area contributed by atoms with Crippen molar-refractivity contribution >= 4 is 11.7 Å². The van der Waals surface area contributed by atoms with Gasteiger partial charge in [-0.3, -0.25) is 0 Å². The molecule has 0 amide bonds. The molecule has 1 aromatic carbocycles. The molecule has 1 aromatic rings. The number of hydrogen-bond acceptors (Lipinski definition) is 2. The second-order valence-electron chi connectivity index (χ2n) is 3.28. The summed E-state index contributed by atoms with van der Waals surface area (Å²) in [5, 5.41) is 11.8. The maximum atomic E-state index is 10.7. The number of aliphatic carboxylic acids is 1. The minimum Gasteiger partial charge on any atom is -0.478 e. The highest BCUT2D eigenvalue weighted by atomic mass is 16.4. The van der Waals surface area contributed by atoms with Gasteiger partial charge in [-0.15, -0.1) is 0 Å². The zero-order valence-electron chi connectivity index (χ0n) is 7.66. The van der Waals surface area contributed by atoms with E-state index in [1.54, 1.807) is 6.20 Å². The smallest absolute Gasteiger partial charge is 0.333 e. The van der Waals surface area contributed by atoms with Gasteiger partial charge in [0, 0.05) is 11.9 Å². The van der Waals surface area contributed by atoms with Gasteiger partial charge in [0.25, 0.3) is 0 Å². The average Bonchev–Trinajstić information content (AvgIpc) is 2.39. The molecule has 0 aliphatic carbocycles. The van der Waals surface area contributed by atoms with Gasteiger partial charge in [0.1, 0.15) is 0 Å². The van der Waals surface area contributed by atoms with E-state index < -0.39 is 5.97 Å². The summed E-state index contributed by atoms with van der Waals surface area (Å²) < 4.78 is 0. The van der Waals surface area contributed by atoms with E-state index in [0.717, 1.165) is 12.1 Å². The monoisotopic (exact) mass is 189 g/mol. The van der Waals surface area contributed by atoms with Crippen molar-refractivity contribution in [1.29, 1.82) is 0 Å². The van der Waals surface area contributed by atoms with Crippen molar-refractivity contribution in [2.24, 2.45) is 0 Å². The van der Waals surface area contributed by atoms with E-state index in [1.165, 1.54) is 5.56 Å². The standard InChI is InChI=1S/C11H11NO2/c13-11(14)9-6-5-8-3-1-2-4-10(8)12-7-9/h1-4,7,12H,5-6H2,(H,13,14). The first-order valence-corrected chi connectivity index (χ1v) is 4.54. The van der Waals surface area contributed by atoms with Crippen molar-refractivity contribution in [2.75, 3.05) is 5.32 Å². The summed E-state index contributed by atoms with van der Waals surface area (Å²) in [6.45, 7) is 0. The zero-order chi connectivity index (χ0) is 9.97. The number of benzene rings is 1. The second-order valence-corrected chi connectivity index (χ2v) is 3.28. The van der Waals surface area contributed by atoms with Gasteiger partial charge in [-0.1, -0.05) is 18.2 Å². The number of nitrogens with one attached hydrogen (secondary N) is 1. The van der Waals surface area contributed by atoms with Gasteiger partial charge in [-0.25, -0.2) is 4.79 Å². The first kappa shape index (κ1) is 8.81. The number of rotatable bonds is 1. The Hall–Kier alpha value is -1.77. The Kier molecular flexibility index (Phi) is 2.23. The molecule has 0 bridgehead atoms. The fraction of sp³-hybridized carbons (Fsp3) is 0.182. The Morgan fingerprint density at radius 3 is 2.86 bits per heavy atom. The fourth-order valence-electron chi connectivity index (χ4n) is 1.55. The molecule has 1 aliphatic heterocycles. The maximum Gasteiger partial charge on any atom is 0.333 e. The topological polar surface area (TPSA) is 49.3 Å². The number of carboxylic acid groups (broad SMARTS) is 1. The lowest BCUT2D eigenvalue weighted by molar-refractivity contribution is -0.132. The SMILES string of the molecule is O=C(O)C1=CNc2ccccc2CC1. The normalized spacial score (nSPS) is 14.7. The Balaban J connectivity index is 2.28. The van der Waals surface area contributed by atoms with Crippen LogP contribution in [0.4, 0.5) is 5.69 Å². The number of fused-ring (bicyclic) bond motifs is 1. The summed E-state index contributed by atoms with van der Waals surface area (Å²) in [4.78, 5) is 10.7. The Morgan fingerprint density at radius 1 is 1.29 bits per heavy atom. The molecule has 0 saturated heterocycles. The van der Waals surface area contributed by atoms with Gasteiger partial charge >= 0.3 is 5.97 Å². The fourth-order valence-corrected chi connectivity index (χ4v) is 1.55. The Labute approximate surface area is 82.1 Å². The summed E-state index contributed by atoms with van der Waals surface area (Å²) in [6.07, 6.45) is 2.94. The van der Waals surface area contributed by atoms with Gasteiger partial charge in [0.05, 0.1) is 5.57 Å². The summed E-state index contributed by atoms with van der Waals surface area (Å²) >= 11 is 0. The van der Waals surface area contributed by atoms with Crippen molar-refractivity contribution in [3.63, 3.8) is 0 Å². The van der Waals surface area contributed by atoms with Crippen molar-refractivity contribution in [3.05, 3.63) is 41.6 Å². The van der Waals surface area contributed by atoms with Gasteiger partial charge < -0.3 is 10.4 Å². The number of anilines is 1. The van der Waals surface area contributed by atoms with E-state index >= 15 is 0 Å². The van der Waals surface area contributed by atoms with Gasteiger partial charge in [0.15, 0.2) is 0 Å². The van der Waals surface area contributed by atoms with Crippen LogP contribution in [0.25, 0.3) is 0 Å². The molecule has 0 spiro atoms. The van der Waals surface area contributed by atoms with Crippen LogP contribution in [0.15, 0.2) is 36.0 Å². The average molecular weight is 189 g/mol. The molecule has 0 saturated carbocycles. The van der Waals surface area contributed by atoms with E-state index in [9.17, 15) is 4.79 Å². The molecule has 2 rings (SSSR count). The summed E-state index contributed by atoms with van der Waals surface area (Å²) in [7, 11) is 0. The van der Waals surface area contributed by atoms with E-state index in [0.29, 0.717) is 12.0 Å². The molecule has 1 aliphatic rings. The van der Waals surface area contributed by atoms with Crippen LogP contribution in [0.5, 0.6) is 0 Å². The van der Waals surface area contributed by atoms with Crippen molar-refractivity contribution in [2.45, 2.75) is 12.8 Å². The first-order chi connectivity index (χ1) is 6.77. The molecule has 2 N–H and O–H groups in total. The second kappa shape index (κ2) is 3.54. The van der Waals surface area contributed by atoms with Crippen LogP contribution in [0.2, 0.25) is 0 Å². The molecule has 0 aromatic heterocycles. The summed E-state index contributed by atoms with van der Waals surface area (Å²) in [6, 6.07) is 7.87. The van der Waals surface area contributed by atoms with Gasteiger partial charge in [0.2, 0.25) is 0 Å². The van der Waals surface area contributed by atoms with Crippen LogP contribution in [-0.2, 0) is 11.2 Å². The highest BCUT2D eigenvalue weighted by Crippen LogP contribution is 2.22. The number of carboxylic acids is 1. The quantitative estimate of drug-likeness (QED) is 0.710. The van der Waals surface area contributed by atoms with Crippen LogP contribution in [0, 0.1) is 0 Å². The largest absolute Gasteiger partial charge is 0.478 e. The van der Waals surface area contributed by atoms with Crippen molar-refractivity contribution in [1.82, 2.24) is 0 Å². The lowest BCUT2D eigenvalue weighted by atomic mass is 10.1. The molecule has 72 valence electrons. The zero-order valence-corrected chi connectivity index (χ0v) is 7.66. The molecule has 3 nitrogen and oxygen atoms in total. The third kappa shape index (κ3) is 1.62. The predicted molar refractivity (Wildman–Crippen MR) is 54.1 cm³/mol. The molecule has 1 heterocycles. The lowest BCUT2D eigenvalue weighted by Gasteiger charge is -2.03. The summed E-state index contributed by atoms with van der Waals surface area (Å²) in [5.74, 6) is -0.842. The first-order valence-electron chi connectivity index (χ1n) is 4.54. The third-order valence-electron chi connectivity index (χ3n) is 2.36. The number of para-hydroxylation sites is 1. The molecule has 3 heteroatoms. The van der Waals surface area contributed by atoms with Crippen LogP contribution in [0.1, 0.15) is 12.0 Å². The van der Waals surface area contributed by atoms with E-state index in [-0.39, 0.29) is 0 Å².